The first kappa shape index (κ1) is 14.1. The largest absolute Gasteiger partial charge is 0.396 e. The van der Waals surface area contributed by atoms with Crippen LogP contribution in [0.1, 0.15) is 49.9 Å². The van der Waals surface area contributed by atoms with Gasteiger partial charge in [0.25, 0.3) is 0 Å². The number of aliphatic hydroxyl groups excluding tert-OH is 1. The van der Waals surface area contributed by atoms with Crippen LogP contribution in [-0.2, 0) is 0 Å². The van der Waals surface area contributed by atoms with Crippen molar-refractivity contribution in [3.63, 3.8) is 0 Å². The van der Waals surface area contributed by atoms with E-state index in [4.69, 9.17) is 5.11 Å². The minimum atomic E-state index is 0.240. The van der Waals surface area contributed by atoms with Gasteiger partial charge in [-0.15, -0.1) is 0 Å². The molecule has 19 heavy (non-hydrogen) atoms. The highest BCUT2D eigenvalue weighted by molar-refractivity contribution is 5.57. The van der Waals surface area contributed by atoms with Crippen molar-refractivity contribution in [3.8, 4) is 0 Å². The van der Waals surface area contributed by atoms with E-state index in [9.17, 15) is 0 Å². The van der Waals surface area contributed by atoms with Crippen molar-refractivity contribution in [2.75, 3.05) is 24.3 Å². The Morgan fingerprint density at radius 2 is 2.00 bits per heavy atom. The smallest absolute Gasteiger partial charge is 0.136 e. The summed E-state index contributed by atoms with van der Waals surface area (Å²) in [6.45, 7) is 4.39. The zero-order valence-electron chi connectivity index (χ0n) is 12.0. The molecule has 1 unspecified atom stereocenters. The molecule has 1 atom stereocenters. The van der Waals surface area contributed by atoms with Gasteiger partial charge in [0.05, 0.1) is 0 Å². The van der Waals surface area contributed by atoms with Gasteiger partial charge in [0.15, 0.2) is 0 Å². The molecule has 5 nitrogen and oxygen atoms in total. The van der Waals surface area contributed by atoms with Gasteiger partial charge in [0.2, 0.25) is 0 Å². The molecule has 0 radical (unpaired) electrons. The molecule has 106 valence electrons. The summed E-state index contributed by atoms with van der Waals surface area (Å²) in [5, 5.41) is 15.5. The van der Waals surface area contributed by atoms with Gasteiger partial charge in [-0.05, 0) is 39.5 Å². The summed E-state index contributed by atoms with van der Waals surface area (Å²) in [5.74, 6) is 3.33. The highest BCUT2D eigenvalue weighted by Crippen LogP contribution is 2.39. The maximum atomic E-state index is 8.88. The average molecular weight is 264 g/mol. The molecule has 0 aliphatic heterocycles. The minimum absolute atomic E-state index is 0.240. The van der Waals surface area contributed by atoms with Crippen LogP contribution in [0.15, 0.2) is 0 Å². The summed E-state index contributed by atoms with van der Waals surface area (Å²) in [6.07, 6.45) is 4.15. The van der Waals surface area contributed by atoms with Crippen molar-refractivity contribution in [1.82, 2.24) is 9.97 Å². The maximum Gasteiger partial charge on any atom is 0.136 e. The normalized spacial score (nSPS) is 16.2. The zero-order valence-corrected chi connectivity index (χ0v) is 12.0. The van der Waals surface area contributed by atoms with Crippen LogP contribution < -0.4 is 10.6 Å². The first-order valence-electron chi connectivity index (χ1n) is 7.09. The third-order valence-corrected chi connectivity index (χ3v) is 3.52. The zero-order chi connectivity index (χ0) is 13.8. The maximum absolute atomic E-state index is 8.88. The van der Waals surface area contributed by atoms with E-state index in [0.717, 1.165) is 35.9 Å². The molecule has 1 aliphatic carbocycles. The fourth-order valence-electron chi connectivity index (χ4n) is 2.15. The van der Waals surface area contributed by atoms with Gasteiger partial charge in [-0.25, -0.2) is 9.97 Å². The van der Waals surface area contributed by atoms with Crippen LogP contribution in [0.3, 0.4) is 0 Å². The minimum Gasteiger partial charge on any atom is -0.396 e. The quantitative estimate of drug-likeness (QED) is 0.705. The lowest BCUT2D eigenvalue weighted by Gasteiger charge is -2.18. The molecule has 1 aromatic rings. The van der Waals surface area contributed by atoms with E-state index >= 15 is 0 Å². The Kier molecular flexibility index (Phi) is 4.58. The molecule has 1 aliphatic rings. The van der Waals surface area contributed by atoms with Gasteiger partial charge in [-0.3, -0.25) is 0 Å². The van der Waals surface area contributed by atoms with Crippen molar-refractivity contribution >= 4 is 11.6 Å². The topological polar surface area (TPSA) is 70.1 Å². The van der Waals surface area contributed by atoms with Crippen molar-refractivity contribution in [1.29, 1.82) is 0 Å². The molecule has 0 bridgehead atoms. The van der Waals surface area contributed by atoms with Crippen LogP contribution in [0, 0.1) is 6.92 Å². The van der Waals surface area contributed by atoms with Crippen LogP contribution in [-0.4, -0.2) is 34.8 Å². The van der Waals surface area contributed by atoms with Gasteiger partial charge in [-0.1, -0.05) is 0 Å². The molecule has 1 heterocycles. The molecule has 0 spiro atoms. The van der Waals surface area contributed by atoms with Gasteiger partial charge in [0.1, 0.15) is 17.5 Å². The number of hydrogen-bond acceptors (Lipinski definition) is 5. The Morgan fingerprint density at radius 1 is 1.32 bits per heavy atom. The van der Waals surface area contributed by atoms with E-state index in [1.54, 1.807) is 0 Å². The monoisotopic (exact) mass is 264 g/mol. The first-order chi connectivity index (χ1) is 9.15. The molecule has 0 saturated heterocycles. The summed E-state index contributed by atoms with van der Waals surface area (Å²) in [6, 6.07) is 0.303. The lowest BCUT2D eigenvalue weighted by atomic mass is 10.2. The summed E-state index contributed by atoms with van der Waals surface area (Å²) >= 11 is 0. The molecule has 3 N–H and O–H groups in total. The number of aliphatic hydroxyl groups is 1. The van der Waals surface area contributed by atoms with Gasteiger partial charge >= 0.3 is 0 Å². The highest BCUT2D eigenvalue weighted by Gasteiger charge is 2.28. The molecule has 1 fully saturated rings. The number of nitrogens with one attached hydrogen (secondary N) is 2. The molecule has 2 rings (SSSR count). The predicted octanol–water partition coefficient (Wildman–Crippen LogP) is 2.28. The Morgan fingerprint density at radius 3 is 2.58 bits per heavy atom. The molecule has 1 saturated carbocycles. The van der Waals surface area contributed by atoms with Crippen molar-refractivity contribution in [2.24, 2.45) is 0 Å². The van der Waals surface area contributed by atoms with Crippen LogP contribution in [0.25, 0.3) is 0 Å². The highest BCUT2D eigenvalue weighted by atomic mass is 16.2. The second-order valence-corrected chi connectivity index (χ2v) is 5.34. The summed E-state index contributed by atoms with van der Waals surface area (Å²) in [4.78, 5) is 9.25. The predicted molar refractivity (Wildman–Crippen MR) is 77.7 cm³/mol. The molecular weight excluding hydrogens is 240 g/mol. The molecule has 0 aromatic carbocycles. The number of anilines is 2. The van der Waals surface area contributed by atoms with E-state index in [1.165, 1.54) is 12.8 Å². The Labute approximate surface area is 114 Å². The van der Waals surface area contributed by atoms with E-state index in [2.05, 4.69) is 27.5 Å². The second-order valence-electron chi connectivity index (χ2n) is 5.34. The first-order valence-corrected chi connectivity index (χ1v) is 7.09. The third-order valence-electron chi connectivity index (χ3n) is 3.52. The Hall–Kier alpha value is -1.36. The summed E-state index contributed by atoms with van der Waals surface area (Å²) < 4.78 is 0. The number of nitrogens with zero attached hydrogens (tertiary/aromatic N) is 2. The van der Waals surface area contributed by atoms with Crippen LogP contribution in [0.4, 0.5) is 11.6 Å². The van der Waals surface area contributed by atoms with E-state index in [0.29, 0.717) is 12.0 Å². The number of hydrogen-bond donors (Lipinski definition) is 3. The van der Waals surface area contributed by atoms with Crippen molar-refractivity contribution in [3.05, 3.63) is 11.4 Å². The van der Waals surface area contributed by atoms with Crippen LogP contribution in [0.5, 0.6) is 0 Å². The van der Waals surface area contributed by atoms with E-state index in [-0.39, 0.29) is 6.61 Å². The van der Waals surface area contributed by atoms with Gasteiger partial charge in [-0.2, -0.15) is 0 Å². The summed E-state index contributed by atoms with van der Waals surface area (Å²) in [7, 11) is 1.89. The number of rotatable bonds is 7. The van der Waals surface area contributed by atoms with Crippen molar-refractivity contribution in [2.45, 2.75) is 51.5 Å². The molecular formula is C14H24N4O. The lowest BCUT2D eigenvalue weighted by molar-refractivity contribution is 0.282. The fourth-order valence-corrected chi connectivity index (χ4v) is 2.15. The summed E-state index contributed by atoms with van der Waals surface area (Å²) in [5.41, 5.74) is 1.06. The average Bonchev–Trinajstić information content (AvgIpc) is 3.23. The Bertz CT molecular complexity index is 432. The SMILES string of the molecule is CNc1nc(C2CC2)nc(NC(C)CCCO)c1C. The van der Waals surface area contributed by atoms with Crippen LogP contribution >= 0.6 is 0 Å². The molecule has 0 amide bonds. The second kappa shape index (κ2) is 6.19. The van der Waals surface area contributed by atoms with E-state index in [1.807, 2.05) is 14.0 Å². The molecule has 1 aromatic heterocycles. The standard InChI is InChI=1S/C14H24N4O/c1-9(5-4-8-19)16-13-10(2)12(15-3)17-14(18-13)11-6-7-11/h9,11,19H,4-8H2,1-3H3,(H2,15,16,17,18). The van der Waals surface area contributed by atoms with Crippen molar-refractivity contribution < 1.29 is 5.11 Å². The Balaban J connectivity index is 2.15. The van der Waals surface area contributed by atoms with Crippen LogP contribution in [0.2, 0.25) is 0 Å². The fraction of sp³-hybridized carbons (Fsp3) is 0.714. The molecule has 5 heteroatoms. The lowest BCUT2D eigenvalue weighted by Crippen LogP contribution is -2.18. The number of aromatic nitrogens is 2. The van der Waals surface area contributed by atoms with Gasteiger partial charge < -0.3 is 15.7 Å². The van der Waals surface area contributed by atoms with Gasteiger partial charge in [0, 0.05) is 31.2 Å². The van der Waals surface area contributed by atoms with E-state index < -0.39 is 0 Å². The third kappa shape index (κ3) is 3.56.